The predicted octanol–water partition coefficient (Wildman–Crippen LogP) is 4.31. The lowest BCUT2D eigenvalue weighted by atomic mass is 9.89. The lowest BCUT2D eigenvalue weighted by Crippen LogP contribution is -2.15. The van der Waals surface area contributed by atoms with Crippen LogP contribution in [-0.2, 0) is 0 Å². The molecule has 3 heteroatoms. The molecule has 114 valence electrons. The zero-order valence-corrected chi connectivity index (χ0v) is 13.3. The molecule has 0 bridgehead atoms. The smallest absolute Gasteiger partial charge is 0.122 e. The summed E-state index contributed by atoms with van der Waals surface area (Å²) < 4.78 is 10.6. The van der Waals surface area contributed by atoms with Gasteiger partial charge in [0, 0.05) is 12.1 Å². The van der Waals surface area contributed by atoms with Crippen LogP contribution in [0.15, 0.2) is 18.2 Å². The number of nitrogens with two attached hydrogens (primary N) is 1. The Morgan fingerprint density at radius 3 is 2.10 bits per heavy atom. The van der Waals surface area contributed by atoms with E-state index in [4.69, 9.17) is 15.2 Å². The van der Waals surface area contributed by atoms with Gasteiger partial charge in [0.1, 0.15) is 11.5 Å². The monoisotopic (exact) mass is 279 g/mol. The third-order valence-corrected chi connectivity index (χ3v) is 3.93. The molecule has 0 heterocycles. The van der Waals surface area contributed by atoms with Gasteiger partial charge in [0.05, 0.1) is 14.2 Å². The largest absolute Gasteiger partial charge is 0.497 e. The Hall–Kier alpha value is -1.22. The van der Waals surface area contributed by atoms with Crippen LogP contribution in [0.1, 0.15) is 57.6 Å². The fraction of sp³-hybridized carbons (Fsp3) is 0.647. The number of ether oxygens (including phenoxy) is 2. The summed E-state index contributed by atoms with van der Waals surface area (Å²) in [5, 5.41) is 0. The highest BCUT2D eigenvalue weighted by Gasteiger charge is 2.15. The van der Waals surface area contributed by atoms with Crippen LogP contribution >= 0.6 is 0 Å². The lowest BCUT2D eigenvalue weighted by molar-refractivity contribution is 0.379. The first-order chi connectivity index (χ1) is 9.64. The Labute approximate surface area is 123 Å². The van der Waals surface area contributed by atoms with Gasteiger partial charge in [0.25, 0.3) is 0 Å². The summed E-state index contributed by atoms with van der Waals surface area (Å²) in [5.74, 6) is 2.30. The van der Waals surface area contributed by atoms with Crippen molar-refractivity contribution in [3.8, 4) is 11.5 Å². The van der Waals surface area contributed by atoms with Gasteiger partial charge in [-0.15, -0.1) is 0 Å². The average Bonchev–Trinajstić information content (AvgIpc) is 2.50. The maximum Gasteiger partial charge on any atom is 0.122 e. The Bertz CT molecular complexity index is 370. The average molecular weight is 279 g/mol. The number of methoxy groups -OCH3 is 2. The molecule has 0 aliphatic rings. The molecule has 3 nitrogen and oxygen atoms in total. The molecule has 20 heavy (non-hydrogen) atoms. The fourth-order valence-electron chi connectivity index (χ4n) is 2.52. The van der Waals surface area contributed by atoms with Crippen molar-refractivity contribution in [1.29, 1.82) is 0 Å². The first kappa shape index (κ1) is 16.8. The van der Waals surface area contributed by atoms with Crippen LogP contribution in [0.25, 0.3) is 0 Å². The molecule has 0 aliphatic heterocycles. The van der Waals surface area contributed by atoms with Crippen molar-refractivity contribution < 1.29 is 9.47 Å². The quantitative estimate of drug-likeness (QED) is 0.732. The Morgan fingerprint density at radius 2 is 1.65 bits per heavy atom. The van der Waals surface area contributed by atoms with E-state index in [0.29, 0.717) is 5.92 Å². The molecule has 0 fully saturated rings. The van der Waals surface area contributed by atoms with Crippen molar-refractivity contribution in [1.82, 2.24) is 0 Å². The normalized spacial score (nSPS) is 13.8. The molecule has 1 aromatic rings. The molecule has 1 rings (SSSR count). The molecule has 2 atom stereocenters. The molecule has 0 saturated carbocycles. The minimum Gasteiger partial charge on any atom is -0.497 e. The first-order valence-corrected chi connectivity index (χ1v) is 7.63. The van der Waals surface area contributed by atoms with E-state index in [-0.39, 0.29) is 6.04 Å². The maximum absolute atomic E-state index is 6.38. The first-order valence-electron chi connectivity index (χ1n) is 7.63. The second kappa shape index (κ2) is 8.85. The van der Waals surface area contributed by atoms with Gasteiger partial charge in [-0.3, -0.25) is 0 Å². The van der Waals surface area contributed by atoms with Gasteiger partial charge in [-0.1, -0.05) is 39.5 Å². The molecule has 0 spiro atoms. The highest BCUT2D eigenvalue weighted by Crippen LogP contribution is 2.30. The highest BCUT2D eigenvalue weighted by atomic mass is 16.5. The van der Waals surface area contributed by atoms with Crippen molar-refractivity contribution in [2.45, 2.75) is 52.0 Å². The van der Waals surface area contributed by atoms with Crippen LogP contribution in [0.3, 0.4) is 0 Å². The number of hydrogen-bond donors (Lipinski definition) is 1. The van der Waals surface area contributed by atoms with E-state index in [1.807, 2.05) is 18.2 Å². The van der Waals surface area contributed by atoms with Gasteiger partial charge in [0.2, 0.25) is 0 Å². The van der Waals surface area contributed by atoms with Crippen LogP contribution in [0, 0.1) is 5.92 Å². The van der Waals surface area contributed by atoms with E-state index in [9.17, 15) is 0 Å². The number of rotatable bonds is 9. The lowest BCUT2D eigenvalue weighted by Gasteiger charge is -2.20. The van der Waals surface area contributed by atoms with Gasteiger partial charge in [-0.2, -0.15) is 0 Å². The van der Waals surface area contributed by atoms with Crippen molar-refractivity contribution in [2.24, 2.45) is 11.7 Å². The van der Waals surface area contributed by atoms with Crippen molar-refractivity contribution in [2.75, 3.05) is 14.2 Å². The van der Waals surface area contributed by atoms with E-state index in [1.54, 1.807) is 14.2 Å². The third-order valence-electron chi connectivity index (χ3n) is 3.93. The van der Waals surface area contributed by atoms with Crippen LogP contribution in [0.2, 0.25) is 0 Å². The Balaban J connectivity index is 2.76. The number of benzene rings is 1. The second-order valence-electron chi connectivity index (χ2n) is 5.40. The molecular formula is C17H29NO2. The maximum atomic E-state index is 6.38. The Morgan fingerprint density at radius 1 is 1.05 bits per heavy atom. The van der Waals surface area contributed by atoms with Crippen LogP contribution in [-0.4, -0.2) is 14.2 Å². The predicted molar refractivity (Wildman–Crippen MR) is 84.4 cm³/mol. The summed E-state index contributed by atoms with van der Waals surface area (Å²) in [7, 11) is 3.33. The van der Waals surface area contributed by atoms with Crippen molar-refractivity contribution in [3.63, 3.8) is 0 Å². The zero-order valence-electron chi connectivity index (χ0n) is 13.3. The standard InChI is InChI=1S/C17H29NO2/c1-5-7-8-13(6-2)9-17(18)14-10-15(19-3)12-16(11-14)20-4/h10-13,17H,5-9,18H2,1-4H3. The molecular weight excluding hydrogens is 250 g/mol. The minimum absolute atomic E-state index is 0.0424. The van der Waals surface area contributed by atoms with E-state index in [2.05, 4.69) is 13.8 Å². The molecule has 0 radical (unpaired) electrons. The number of unbranched alkanes of at least 4 members (excludes halogenated alkanes) is 1. The van der Waals surface area contributed by atoms with E-state index in [1.165, 1.54) is 25.7 Å². The topological polar surface area (TPSA) is 44.5 Å². The van der Waals surface area contributed by atoms with Gasteiger partial charge in [-0.05, 0) is 30.0 Å². The molecule has 0 aliphatic carbocycles. The van der Waals surface area contributed by atoms with Crippen molar-refractivity contribution >= 4 is 0 Å². The molecule has 0 amide bonds. The minimum atomic E-state index is 0.0424. The summed E-state index contributed by atoms with van der Waals surface area (Å²) >= 11 is 0. The van der Waals surface area contributed by atoms with Gasteiger partial charge in [0.15, 0.2) is 0 Å². The summed E-state index contributed by atoms with van der Waals surface area (Å²) in [4.78, 5) is 0. The summed E-state index contributed by atoms with van der Waals surface area (Å²) in [6, 6.07) is 5.95. The van der Waals surface area contributed by atoms with Gasteiger partial charge < -0.3 is 15.2 Å². The molecule has 0 aromatic heterocycles. The molecule has 1 aromatic carbocycles. The second-order valence-corrected chi connectivity index (χ2v) is 5.40. The van der Waals surface area contributed by atoms with Gasteiger partial charge >= 0.3 is 0 Å². The zero-order chi connectivity index (χ0) is 15.0. The number of hydrogen-bond acceptors (Lipinski definition) is 3. The highest BCUT2D eigenvalue weighted by molar-refractivity contribution is 5.39. The van der Waals surface area contributed by atoms with Crippen LogP contribution < -0.4 is 15.2 Å². The fourth-order valence-corrected chi connectivity index (χ4v) is 2.52. The van der Waals surface area contributed by atoms with E-state index in [0.717, 1.165) is 23.5 Å². The Kier molecular flexibility index (Phi) is 7.45. The van der Waals surface area contributed by atoms with Gasteiger partial charge in [-0.25, -0.2) is 0 Å². The van der Waals surface area contributed by atoms with Crippen LogP contribution in [0.4, 0.5) is 0 Å². The summed E-state index contributed by atoms with van der Waals surface area (Å²) in [6.45, 7) is 4.48. The molecule has 2 unspecified atom stereocenters. The molecule has 2 N–H and O–H groups in total. The van der Waals surface area contributed by atoms with E-state index >= 15 is 0 Å². The van der Waals surface area contributed by atoms with E-state index < -0.39 is 0 Å². The third kappa shape index (κ3) is 5.04. The SMILES string of the molecule is CCCCC(CC)CC(N)c1cc(OC)cc(OC)c1. The summed E-state index contributed by atoms with van der Waals surface area (Å²) in [6.07, 6.45) is 6.01. The van der Waals surface area contributed by atoms with Crippen LogP contribution in [0.5, 0.6) is 11.5 Å². The summed E-state index contributed by atoms with van der Waals surface area (Å²) in [5.41, 5.74) is 7.47. The molecule has 0 saturated heterocycles. The van der Waals surface area contributed by atoms with Crippen molar-refractivity contribution in [3.05, 3.63) is 23.8 Å².